The molecule has 8 nitrogen and oxygen atoms in total. The molecule has 1 rings (SSSR count). The topological polar surface area (TPSA) is 106 Å². The minimum atomic E-state index is -3.49. The molecule has 0 bridgehead atoms. The van der Waals surface area contributed by atoms with Crippen LogP contribution in [0.4, 0.5) is 0 Å². The Bertz CT molecular complexity index is 828. The van der Waals surface area contributed by atoms with Crippen LogP contribution in [-0.2, 0) is 21.4 Å². The Morgan fingerprint density at radius 1 is 1.17 bits per heavy atom. The highest BCUT2D eigenvalue weighted by molar-refractivity contribution is 7.89. The van der Waals surface area contributed by atoms with Crippen molar-refractivity contribution >= 4 is 15.9 Å². The van der Waals surface area contributed by atoms with E-state index < -0.39 is 22.0 Å². The van der Waals surface area contributed by atoms with Crippen LogP contribution >= 0.6 is 0 Å². The molecule has 1 aromatic carbocycles. The largest absolute Gasteiger partial charge is 0.493 e. The first kappa shape index (κ1) is 24.8. The van der Waals surface area contributed by atoms with E-state index in [0.29, 0.717) is 18.0 Å². The van der Waals surface area contributed by atoms with Gasteiger partial charge in [-0.25, -0.2) is 18.6 Å². The third kappa shape index (κ3) is 8.73. The first-order valence-electron chi connectivity index (χ1n) is 9.52. The van der Waals surface area contributed by atoms with E-state index in [1.54, 1.807) is 33.1 Å². The van der Waals surface area contributed by atoms with Crippen molar-refractivity contribution < 1.29 is 22.7 Å². The van der Waals surface area contributed by atoms with Crippen molar-refractivity contribution in [3.05, 3.63) is 23.8 Å². The number of nitrogens with one attached hydrogen (secondary N) is 3. The molecular formula is C20H31N3O5S. The third-order valence-electron chi connectivity index (χ3n) is 3.97. The first-order chi connectivity index (χ1) is 13.7. The van der Waals surface area contributed by atoms with E-state index >= 15 is 0 Å². The summed E-state index contributed by atoms with van der Waals surface area (Å²) in [5.41, 5.74) is 6.22. The van der Waals surface area contributed by atoms with Crippen LogP contribution in [-0.4, -0.2) is 39.8 Å². The van der Waals surface area contributed by atoms with Gasteiger partial charge in [0.15, 0.2) is 11.5 Å². The summed E-state index contributed by atoms with van der Waals surface area (Å²) in [5, 5.41) is 0. The van der Waals surface area contributed by atoms with Crippen molar-refractivity contribution in [3.8, 4) is 23.3 Å². The summed E-state index contributed by atoms with van der Waals surface area (Å²) in [4.78, 5) is 12.4. The zero-order valence-electron chi connectivity index (χ0n) is 17.7. The number of rotatable bonds is 11. The Labute approximate surface area is 173 Å². The number of hydrazine groups is 1. The van der Waals surface area contributed by atoms with Gasteiger partial charge in [0.25, 0.3) is 5.91 Å². The minimum Gasteiger partial charge on any atom is -0.493 e. The van der Waals surface area contributed by atoms with E-state index in [-0.39, 0.29) is 18.3 Å². The Morgan fingerprint density at radius 3 is 2.48 bits per heavy atom. The summed E-state index contributed by atoms with van der Waals surface area (Å²) in [6.07, 6.45) is 0.772. The van der Waals surface area contributed by atoms with E-state index in [0.717, 1.165) is 12.0 Å². The molecule has 0 saturated carbocycles. The van der Waals surface area contributed by atoms with Gasteiger partial charge < -0.3 is 9.47 Å². The Hall–Kier alpha value is -2.28. The van der Waals surface area contributed by atoms with Crippen LogP contribution < -0.4 is 25.0 Å². The highest BCUT2D eigenvalue weighted by atomic mass is 32.2. The highest BCUT2D eigenvalue weighted by Crippen LogP contribution is 2.27. The summed E-state index contributed by atoms with van der Waals surface area (Å²) in [7, 11) is -1.94. The lowest BCUT2D eigenvalue weighted by Gasteiger charge is -2.21. The summed E-state index contributed by atoms with van der Waals surface area (Å²) in [6.45, 7) is 7.64. The number of benzene rings is 1. The van der Waals surface area contributed by atoms with Gasteiger partial charge in [0, 0.05) is 13.0 Å². The van der Waals surface area contributed by atoms with Gasteiger partial charge in [-0.2, -0.15) is 0 Å². The molecule has 0 heterocycles. The van der Waals surface area contributed by atoms with E-state index in [1.807, 2.05) is 13.0 Å². The van der Waals surface area contributed by atoms with Gasteiger partial charge in [-0.3, -0.25) is 10.2 Å². The molecular weight excluding hydrogens is 394 g/mol. The third-order valence-corrected chi connectivity index (χ3v) is 5.34. The van der Waals surface area contributed by atoms with E-state index in [4.69, 9.17) is 9.47 Å². The molecule has 0 aliphatic carbocycles. The molecule has 0 aliphatic heterocycles. The maximum atomic E-state index is 12.4. The molecule has 0 aliphatic rings. The molecule has 3 N–H and O–H groups in total. The summed E-state index contributed by atoms with van der Waals surface area (Å²) in [5.74, 6) is 6.24. The van der Waals surface area contributed by atoms with E-state index in [9.17, 15) is 13.2 Å². The first-order valence-corrected chi connectivity index (χ1v) is 11.2. The van der Waals surface area contributed by atoms with Crippen LogP contribution in [0.5, 0.6) is 11.5 Å². The Morgan fingerprint density at radius 2 is 1.90 bits per heavy atom. The van der Waals surface area contributed by atoms with E-state index in [1.165, 1.54) is 6.92 Å². The lowest BCUT2D eigenvalue weighted by molar-refractivity contribution is -0.124. The SMILES string of the molecule is CCC#CCOc1ccc(CNNC(=O)[C@@H](NS(=O)(=O)CC)C(C)C)cc1OC. The van der Waals surface area contributed by atoms with Gasteiger partial charge in [0.2, 0.25) is 10.0 Å². The molecule has 1 aromatic rings. The van der Waals surface area contributed by atoms with Gasteiger partial charge in [-0.15, -0.1) is 5.92 Å². The lowest BCUT2D eigenvalue weighted by Crippen LogP contribution is -2.53. The number of methoxy groups -OCH3 is 1. The molecule has 162 valence electrons. The smallest absolute Gasteiger partial charge is 0.252 e. The summed E-state index contributed by atoms with van der Waals surface area (Å²) in [6, 6.07) is 4.55. The molecule has 9 heteroatoms. The van der Waals surface area contributed by atoms with Crippen LogP contribution in [0.1, 0.15) is 39.7 Å². The summed E-state index contributed by atoms with van der Waals surface area (Å²) < 4.78 is 36.9. The normalized spacial score (nSPS) is 12.1. The number of amides is 1. The number of sulfonamides is 1. The maximum Gasteiger partial charge on any atom is 0.252 e. The van der Waals surface area contributed by atoms with Gasteiger partial charge >= 0.3 is 0 Å². The van der Waals surface area contributed by atoms with Gasteiger partial charge in [0.05, 0.1) is 12.9 Å². The van der Waals surface area contributed by atoms with Crippen LogP contribution in [0.15, 0.2) is 18.2 Å². The molecule has 1 amide bonds. The lowest BCUT2D eigenvalue weighted by atomic mass is 10.1. The fourth-order valence-corrected chi connectivity index (χ4v) is 3.24. The van der Waals surface area contributed by atoms with Crippen LogP contribution in [0.2, 0.25) is 0 Å². The Kier molecular flexibility index (Phi) is 10.5. The van der Waals surface area contributed by atoms with Gasteiger partial charge in [-0.05, 0) is 30.5 Å². The number of carbonyl (C=O) groups excluding carboxylic acids is 1. The van der Waals surface area contributed by atoms with Crippen LogP contribution in [0.25, 0.3) is 0 Å². The van der Waals surface area contributed by atoms with Crippen molar-refractivity contribution in [1.82, 2.24) is 15.6 Å². The van der Waals surface area contributed by atoms with Crippen LogP contribution in [0, 0.1) is 17.8 Å². The van der Waals surface area contributed by atoms with Crippen molar-refractivity contribution in [2.45, 2.75) is 46.7 Å². The molecule has 0 spiro atoms. The predicted octanol–water partition coefficient (Wildman–Crippen LogP) is 1.57. The Balaban J connectivity index is 2.66. The maximum absolute atomic E-state index is 12.4. The summed E-state index contributed by atoms with van der Waals surface area (Å²) >= 11 is 0. The molecule has 0 unspecified atom stereocenters. The molecule has 29 heavy (non-hydrogen) atoms. The van der Waals surface area contributed by atoms with Crippen molar-refractivity contribution in [2.24, 2.45) is 5.92 Å². The highest BCUT2D eigenvalue weighted by Gasteiger charge is 2.26. The number of ether oxygens (including phenoxy) is 2. The predicted molar refractivity (Wildman–Crippen MR) is 113 cm³/mol. The van der Waals surface area contributed by atoms with Crippen molar-refractivity contribution in [3.63, 3.8) is 0 Å². The molecule has 0 radical (unpaired) electrons. The quantitative estimate of drug-likeness (QED) is 0.367. The number of hydrogen-bond donors (Lipinski definition) is 3. The second kappa shape index (κ2) is 12.3. The van der Waals surface area contributed by atoms with Crippen LogP contribution in [0.3, 0.4) is 0 Å². The molecule has 0 saturated heterocycles. The standard InChI is InChI=1S/C20H31N3O5S/c1-6-8-9-12-28-17-11-10-16(13-18(17)27-5)14-21-22-20(24)19(15(3)4)23-29(25,26)7-2/h10-11,13,15,19,21,23H,6-7,12,14H2,1-5H3,(H,22,24)/t19-/m0/s1. The molecule has 1 atom stereocenters. The van der Waals surface area contributed by atoms with Gasteiger partial charge in [0.1, 0.15) is 12.6 Å². The van der Waals surface area contributed by atoms with E-state index in [2.05, 4.69) is 27.4 Å². The zero-order chi connectivity index (χ0) is 21.9. The zero-order valence-corrected chi connectivity index (χ0v) is 18.5. The average molecular weight is 426 g/mol. The molecule has 0 fully saturated rings. The fraction of sp³-hybridized carbons (Fsp3) is 0.550. The average Bonchev–Trinajstić information content (AvgIpc) is 2.69. The van der Waals surface area contributed by atoms with Crippen molar-refractivity contribution in [1.29, 1.82) is 0 Å². The number of hydrogen-bond acceptors (Lipinski definition) is 6. The second-order valence-corrected chi connectivity index (χ2v) is 8.61. The van der Waals surface area contributed by atoms with Gasteiger partial charge in [-0.1, -0.05) is 32.8 Å². The fourth-order valence-electron chi connectivity index (χ4n) is 2.31. The van der Waals surface area contributed by atoms with Crippen molar-refractivity contribution in [2.75, 3.05) is 19.5 Å². The monoisotopic (exact) mass is 425 g/mol. The molecule has 0 aromatic heterocycles. The number of carbonyl (C=O) groups is 1. The second-order valence-electron chi connectivity index (χ2n) is 6.57. The minimum absolute atomic E-state index is 0.0881.